The lowest BCUT2D eigenvalue weighted by molar-refractivity contribution is 0.107. The number of hydrogen-bond donors (Lipinski definition) is 2. The van der Waals surface area contributed by atoms with Crippen molar-refractivity contribution in [2.24, 2.45) is 5.92 Å². The molecule has 20 heavy (non-hydrogen) atoms. The van der Waals surface area contributed by atoms with Gasteiger partial charge in [0.05, 0.1) is 18.8 Å². The van der Waals surface area contributed by atoms with E-state index in [0.717, 1.165) is 5.56 Å². The van der Waals surface area contributed by atoms with Crippen LogP contribution in [0.15, 0.2) is 24.3 Å². The van der Waals surface area contributed by atoms with Gasteiger partial charge in [0.25, 0.3) is 0 Å². The van der Waals surface area contributed by atoms with Crippen molar-refractivity contribution in [1.82, 2.24) is 5.32 Å². The molecule has 6 heteroatoms. The maximum Gasteiger partial charge on any atom is 0.189 e. The van der Waals surface area contributed by atoms with Crippen LogP contribution in [0, 0.1) is 5.92 Å². The molecule has 0 radical (unpaired) electrons. The maximum atomic E-state index is 14.4. The van der Waals surface area contributed by atoms with E-state index in [0.29, 0.717) is 18.9 Å². The van der Waals surface area contributed by atoms with E-state index >= 15 is 0 Å². The van der Waals surface area contributed by atoms with Gasteiger partial charge in [0.1, 0.15) is 11.7 Å². The summed E-state index contributed by atoms with van der Waals surface area (Å²) in [7, 11) is 0. The number of nitrogens with two attached hydrogens (primary N) is 1. The average molecular weight is 298 g/mol. The molecule has 2 fully saturated rings. The first-order valence-corrected chi connectivity index (χ1v) is 6.92. The van der Waals surface area contributed by atoms with Gasteiger partial charge in [-0.2, -0.15) is 0 Å². The number of piperidine rings is 1. The van der Waals surface area contributed by atoms with Crippen LogP contribution in [0.4, 0.5) is 14.5 Å². The Morgan fingerprint density at radius 1 is 1.50 bits per heavy atom. The Bertz CT molecular complexity index is 556. The standard InChI is InChI=1S/C14H16F2N2OS/c15-7-13(16)5-10-6-19-8-14(10,18-12(13)20)9-2-1-3-11(17)4-9/h1-4,10H,5-8,17H2,(H,18,20)/t10-,13?,14-/m1/s1. The summed E-state index contributed by atoms with van der Waals surface area (Å²) in [5, 5.41) is 3.01. The van der Waals surface area contributed by atoms with E-state index in [4.69, 9.17) is 22.7 Å². The summed E-state index contributed by atoms with van der Waals surface area (Å²) in [6.45, 7) is -0.345. The molecule has 3 nitrogen and oxygen atoms in total. The molecule has 1 aromatic rings. The van der Waals surface area contributed by atoms with Crippen LogP contribution in [0.2, 0.25) is 0 Å². The van der Waals surface area contributed by atoms with Gasteiger partial charge in [0.15, 0.2) is 5.67 Å². The van der Waals surface area contributed by atoms with Crippen LogP contribution in [0.3, 0.4) is 0 Å². The van der Waals surface area contributed by atoms with Crippen LogP contribution in [0.25, 0.3) is 0 Å². The van der Waals surface area contributed by atoms with Crippen molar-refractivity contribution >= 4 is 22.9 Å². The SMILES string of the molecule is Nc1cccc([C@]23COC[C@H]2CC(F)(CF)C(=S)N3)c1. The highest BCUT2D eigenvalue weighted by atomic mass is 32.1. The predicted molar refractivity (Wildman–Crippen MR) is 77.0 cm³/mol. The molecule has 2 heterocycles. The third-order valence-electron chi connectivity index (χ3n) is 4.27. The molecule has 2 saturated heterocycles. The molecule has 0 saturated carbocycles. The molecule has 0 bridgehead atoms. The van der Waals surface area contributed by atoms with E-state index in [1.165, 1.54) is 0 Å². The molecular formula is C14H16F2N2OS. The van der Waals surface area contributed by atoms with Crippen molar-refractivity contribution in [3.05, 3.63) is 29.8 Å². The van der Waals surface area contributed by atoms with Crippen molar-refractivity contribution in [3.63, 3.8) is 0 Å². The minimum atomic E-state index is -2.09. The van der Waals surface area contributed by atoms with Crippen molar-refractivity contribution in [2.45, 2.75) is 17.6 Å². The number of nitrogens with one attached hydrogen (secondary N) is 1. The van der Waals surface area contributed by atoms with Crippen LogP contribution >= 0.6 is 12.2 Å². The third-order valence-corrected chi connectivity index (χ3v) is 4.74. The van der Waals surface area contributed by atoms with E-state index in [1.807, 2.05) is 18.2 Å². The first kappa shape index (κ1) is 13.7. The molecular weight excluding hydrogens is 282 g/mol. The number of ether oxygens (including phenoxy) is 1. The lowest BCUT2D eigenvalue weighted by Gasteiger charge is -2.45. The van der Waals surface area contributed by atoms with Crippen molar-refractivity contribution in [2.75, 3.05) is 25.6 Å². The Hall–Kier alpha value is -1.27. The number of anilines is 1. The Balaban J connectivity index is 2.02. The molecule has 2 aliphatic heterocycles. The molecule has 0 aromatic heterocycles. The van der Waals surface area contributed by atoms with E-state index < -0.39 is 17.9 Å². The smallest absolute Gasteiger partial charge is 0.189 e. The monoisotopic (exact) mass is 298 g/mol. The highest BCUT2D eigenvalue weighted by Crippen LogP contribution is 2.45. The molecule has 1 unspecified atom stereocenters. The van der Waals surface area contributed by atoms with Crippen LogP contribution in [-0.2, 0) is 10.3 Å². The Kier molecular flexibility index (Phi) is 3.17. The zero-order chi connectivity index (χ0) is 14.4. The van der Waals surface area contributed by atoms with E-state index in [-0.39, 0.29) is 17.3 Å². The second-order valence-corrected chi connectivity index (χ2v) is 5.97. The number of nitrogen functional groups attached to an aromatic ring is 1. The molecule has 1 aromatic carbocycles. The van der Waals surface area contributed by atoms with Crippen LogP contribution in [0.5, 0.6) is 0 Å². The minimum absolute atomic E-state index is 0.0319. The number of rotatable bonds is 2. The maximum absolute atomic E-state index is 14.4. The zero-order valence-corrected chi connectivity index (χ0v) is 11.7. The van der Waals surface area contributed by atoms with Gasteiger partial charge in [0, 0.05) is 11.6 Å². The van der Waals surface area contributed by atoms with Crippen molar-refractivity contribution < 1.29 is 13.5 Å². The van der Waals surface area contributed by atoms with Gasteiger partial charge in [-0.25, -0.2) is 8.78 Å². The Morgan fingerprint density at radius 2 is 2.30 bits per heavy atom. The topological polar surface area (TPSA) is 47.3 Å². The van der Waals surface area contributed by atoms with E-state index in [1.54, 1.807) is 6.07 Å². The molecule has 3 N–H and O–H groups in total. The van der Waals surface area contributed by atoms with Gasteiger partial charge in [-0.15, -0.1) is 0 Å². The summed E-state index contributed by atoms with van der Waals surface area (Å²) in [4.78, 5) is -0.0795. The second-order valence-electron chi connectivity index (χ2n) is 5.57. The number of thiocarbonyl (C=S) groups is 1. The van der Waals surface area contributed by atoms with Crippen LogP contribution < -0.4 is 11.1 Å². The first-order chi connectivity index (χ1) is 9.50. The van der Waals surface area contributed by atoms with E-state index in [2.05, 4.69) is 5.32 Å². The fourth-order valence-corrected chi connectivity index (χ4v) is 3.43. The Morgan fingerprint density at radius 3 is 3.00 bits per heavy atom. The normalized spacial score (nSPS) is 36.5. The van der Waals surface area contributed by atoms with Crippen LogP contribution in [-0.4, -0.2) is 30.5 Å². The van der Waals surface area contributed by atoms with Gasteiger partial charge in [-0.05, 0) is 24.1 Å². The third kappa shape index (κ3) is 1.90. The highest BCUT2D eigenvalue weighted by Gasteiger charge is 2.56. The second kappa shape index (κ2) is 4.63. The van der Waals surface area contributed by atoms with Crippen molar-refractivity contribution in [3.8, 4) is 0 Å². The zero-order valence-electron chi connectivity index (χ0n) is 10.9. The molecule has 0 spiro atoms. The largest absolute Gasteiger partial charge is 0.399 e. The van der Waals surface area contributed by atoms with Gasteiger partial charge in [-0.1, -0.05) is 24.4 Å². The van der Waals surface area contributed by atoms with Gasteiger partial charge >= 0.3 is 0 Å². The first-order valence-electron chi connectivity index (χ1n) is 6.51. The summed E-state index contributed by atoms with van der Waals surface area (Å²) in [5.74, 6) is -0.170. The average Bonchev–Trinajstić information content (AvgIpc) is 2.83. The van der Waals surface area contributed by atoms with Gasteiger partial charge < -0.3 is 15.8 Å². The highest BCUT2D eigenvalue weighted by molar-refractivity contribution is 7.80. The quantitative estimate of drug-likeness (QED) is 0.648. The number of fused-ring (bicyclic) bond motifs is 1. The molecule has 2 aliphatic rings. The number of benzene rings is 1. The van der Waals surface area contributed by atoms with Crippen molar-refractivity contribution in [1.29, 1.82) is 0 Å². The summed E-state index contributed by atoms with van der Waals surface area (Å²) in [6.07, 6.45) is 0.0319. The molecule has 3 atom stereocenters. The molecule has 0 amide bonds. The molecule has 3 rings (SSSR count). The van der Waals surface area contributed by atoms with Crippen LogP contribution in [0.1, 0.15) is 12.0 Å². The fourth-order valence-electron chi connectivity index (χ4n) is 3.11. The molecule has 0 aliphatic carbocycles. The summed E-state index contributed by atoms with van der Waals surface area (Å²) < 4.78 is 33.0. The minimum Gasteiger partial charge on any atom is -0.399 e. The van der Waals surface area contributed by atoms with Gasteiger partial charge in [0.2, 0.25) is 0 Å². The lowest BCUT2D eigenvalue weighted by atomic mass is 9.72. The van der Waals surface area contributed by atoms with Gasteiger partial charge in [-0.3, -0.25) is 0 Å². The number of hydrogen-bond acceptors (Lipinski definition) is 3. The summed E-state index contributed by atoms with van der Waals surface area (Å²) in [5.41, 5.74) is 4.67. The predicted octanol–water partition coefficient (Wildman–Crippen LogP) is 2.11. The van der Waals surface area contributed by atoms with E-state index in [9.17, 15) is 8.78 Å². The lowest BCUT2D eigenvalue weighted by Crippen LogP contribution is -2.63. The summed E-state index contributed by atoms with van der Waals surface area (Å²) >= 11 is 5.06. The number of alkyl halides is 2. The molecule has 108 valence electrons. The number of halogens is 2. The summed E-state index contributed by atoms with van der Waals surface area (Å²) in [6, 6.07) is 7.37. The fraction of sp³-hybridized carbons (Fsp3) is 0.500. The Labute approximate surface area is 121 Å².